The van der Waals surface area contributed by atoms with E-state index in [4.69, 9.17) is 0 Å². The quantitative estimate of drug-likeness (QED) is 0.829. The van der Waals surface area contributed by atoms with E-state index in [1.165, 1.54) is 35.3 Å². The molecule has 2 rings (SSSR count). The van der Waals surface area contributed by atoms with Gasteiger partial charge >= 0.3 is 0 Å². The van der Waals surface area contributed by atoms with Gasteiger partial charge in [0.05, 0.1) is 13.1 Å². The molecule has 1 saturated heterocycles. The summed E-state index contributed by atoms with van der Waals surface area (Å²) in [6.45, 7) is 6.99. The first-order chi connectivity index (χ1) is 8.63. The van der Waals surface area contributed by atoms with E-state index >= 15 is 0 Å². The molecule has 0 radical (unpaired) electrons. The van der Waals surface area contributed by atoms with Crippen LogP contribution in [0.2, 0.25) is 0 Å². The van der Waals surface area contributed by atoms with Gasteiger partial charge in [0.2, 0.25) is 0 Å². The number of benzene rings is 1. The van der Waals surface area contributed by atoms with Crippen LogP contribution in [0.5, 0.6) is 0 Å². The largest absolute Gasteiger partial charge is 0.327 e. The molecule has 2 N–H and O–H groups in total. The molecule has 1 amide bonds. The lowest BCUT2D eigenvalue weighted by Crippen LogP contribution is -3.13. The Kier molecular flexibility index (Phi) is 4.37. The highest BCUT2D eigenvalue weighted by Crippen LogP contribution is 2.13. The van der Waals surface area contributed by atoms with Gasteiger partial charge in [0, 0.05) is 5.69 Å². The highest BCUT2D eigenvalue weighted by atomic mass is 16.2. The van der Waals surface area contributed by atoms with E-state index in [1.807, 2.05) is 12.1 Å². The Morgan fingerprint density at radius 3 is 2.33 bits per heavy atom. The summed E-state index contributed by atoms with van der Waals surface area (Å²) in [6, 6.07) is 6.17. The van der Waals surface area contributed by atoms with Crippen LogP contribution in [-0.4, -0.2) is 25.5 Å². The molecule has 0 aliphatic carbocycles. The Morgan fingerprint density at radius 1 is 1.11 bits per heavy atom. The molecule has 1 heterocycles. The molecule has 1 aromatic rings. The minimum absolute atomic E-state index is 0.136. The molecule has 3 heteroatoms. The second kappa shape index (κ2) is 6.01. The Hall–Kier alpha value is -1.35. The maximum atomic E-state index is 12.0. The number of anilines is 1. The molecule has 0 bridgehead atoms. The lowest BCUT2D eigenvalue weighted by atomic mass is 10.1. The van der Waals surface area contributed by atoms with E-state index in [0.29, 0.717) is 6.54 Å². The maximum Gasteiger partial charge on any atom is 0.279 e. The fourth-order valence-electron chi connectivity index (χ4n) is 2.71. The third kappa shape index (κ3) is 3.84. The van der Waals surface area contributed by atoms with Crippen molar-refractivity contribution in [3.8, 4) is 0 Å². The third-order valence-corrected chi connectivity index (χ3v) is 3.48. The standard InChI is InChI=1S/C15H22N2O/c1-12-8-13(2)10-14(9-12)16-15(18)11-17-6-4-3-5-7-17/h8-10H,3-7,11H2,1-2H3,(H,16,18)/p+1. The van der Waals surface area contributed by atoms with Crippen LogP contribution in [-0.2, 0) is 4.79 Å². The van der Waals surface area contributed by atoms with E-state index in [-0.39, 0.29) is 5.91 Å². The van der Waals surface area contributed by atoms with Gasteiger partial charge < -0.3 is 10.2 Å². The highest BCUT2D eigenvalue weighted by molar-refractivity contribution is 5.91. The van der Waals surface area contributed by atoms with Crippen LogP contribution in [0.15, 0.2) is 18.2 Å². The van der Waals surface area contributed by atoms with Gasteiger partial charge in [0.25, 0.3) is 5.91 Å². The van der Waals surface area contributed by atoms with E-state index in [9.17, 15) is 4.79 Å². The zero-order chi connectivity index (χ0) is 13.0. The Morgan fingerprint density at radius 2 is 1.72 bits per heavy atom. The third-order valence-electron chi connectivity index (χ3n) is 3.48. The number of amides is 1. The molecule has 0 unspecified atom stereocenters. The molecule has 1 aliphatic rings. The van der Waals surface area contributed by atoms with Crippen LogP contribution >= 0.6 is 0 Å². The summed E-state index contributed by atoms with van der Waals surface area (Å²) in [6.07, 6.45) is 3.83. The van der Waals surface area contributed by atoms with Crippen LogP contribution < -0.4 is 10.2 Å². The second-order valence-corrected chi connectivity index (χ2v) is 5.41. The van der Waals surface area contributed by atoms with Gasteiger partial charge in [-0.15, -0.1) is 0 Å². The van der Waals surface area contributed by atoms with Crippen molar-refractivity contribution in [2.24, 2.45) is 0 Å². The summed E-state index contributed by atoms with van der Waals surface area (Å²) in [4.78, 5) is 13.4. The minimum atomic E-state index is 0.136. The van der Waals surface area contributed by atoms with Crippen molar-refractivity contribution in [2.45, 2.75) is 33.1 Å². The van der Waals surface area contributed by atoms with Gasteiger partial charge in [-0.3, -0.25) is 4.79 Å². The van der Waals surface area contributed by atoms with Gasteiger partial charge in [-0.05, 0) is 56.4 Å². The molecule has 98 valence electrons. The number of quaternary nitrogens is 1. The van der Waals surface area contributed by atoms with Crippen molar-refractivity contribution < 1.29 is 9.69 Å². The van der Waals surface area contributed by atoms with Crippen LogP contribution in [0.1, 0.15) is 30.4 Å². The van der Waals surface area contributed by atoms with Gasteiger partial charge in [0.15, 0.2) is 6.54 Å². The second-order valence-electron chi connectivity index (χ2n) is 5.41. The number of rotatable bonds is 3. The maximum absolute atomic E-state index is 12.0. The number of aryl methyl sites for hydroxylation is 2. The lowest BCUT2D eigenvalue weighted by molar-refractivity contribution is -0.896. The number of nitrogens with one attached hydrogen (secondary N) is 2. The normalized spacial score (nSPS) is 16.6. The Labute approximate surface area is 109 Å². The summed E-state index contributed by atoms with van der Waals surface area (Å²) in [7, 11) is 0. The minimum Gasteiger partial charge on any atom is -0.327 e. The summed E-state index contributed by atoms with van der Waals surface area (Å²) in [5.74, 6) is 0.136. The smallest absolute Gasteiger partial charge is 0.279 e. The molecular weight excluding hydrogens is 224 g/mol. The van der Waals surface area contributed by atoms with Crippen LogP contribution in [0.3, 0.4) is 0 Å². The number of carbonyl (C=O) groups is 1. The molecule has 0 spiro atoms. The first-order valence-electron chi connectivity index (χ1n) is 6.85. The van der Waals surface area contributed by atoms with Crippen molar-refractivity contribution in [3.05, 3.63) is 29.3 Å². The monoisotopic (exact) mass is 247 g/mol. The van der Waals surface area contributed by atoms with Crippen molar-refractivity contribution >= 4 is 11.6 Å². The zero-order valence-corrected chi connectivity index (χ0v) is 11.4. The highest BCUT2D eigenvalue weighted by Gasteiger charge is 2.17. The molecule has 3 nitrogen and oxygen atoms in total. The SMILES string of the molecule is Cc1cc(C)cc(NC(=O)C[NH+]2CCCCC2)c1. The summed E-state index contributed by atoms with van der Waals surface area (Å²) >= 11 is 0. The van der Waals surface area contributed by atoms with E-state index in [0.717, 1.165) is 18.8 Å². The molecule has 0 aromatic heterocycles. The molecule has 1 aliphatic heterocycles. The number of carbonyl (C=O) groups excluding carboxylic acids is 1. The van der Waals surface area contributed by atoms with Crippen molar-refractivity contribution in [3.63, 3.8) is 0 Å². The van der Waals surface area contributed by atoms with Gasteiger partial charge in [0.1, 0.15) is 0 Å². The van der Waals surface area contributed by atoms with Crippen molar-refractivity contribution in [1.29, 1.82) is 0 Å². The predicted octanol–water partition coefficient (Wildman–Crippen LogP) is 1.31. The predicted molar refractivity (Wildman–Crippen MR) is 74.0 cm³/mol. The van der Waals surface area contributed by atoms with Crippen LogP contribution in [0.4, 0.5) is 5.69 Å². The number of hydrogen-bond donors (Lipinski definition) is 2. The summed E-state index contributed by atoms with van der Waals surface area (Å²) in [5, 5.41) is 3.01. The zero-order valence-electron chi connectivity index (χ0n) is 11.4. The first-order valence-corrected chi connectivity index (χ1v) is 6.85. The Bertz CT molecular complexity index is 402. The number of piperidine rings is 1. The molecule has 1 fully saturated rings. The van der Waals surface area contributed by atoms with Crippen LogP contribution in [0, 0.1) is 13.8 Å². The first kappa shape index (κ1) is 13.1. The summed E-state index contributed by atoms with van der Waals surface area (Å²) in [5.41, 5.74) is 3.31. The summed E-state index contributed by atoms with van der Waals surface area (Å²) < 4.78 is 0. The van der Waals surface area contributed by atoms with E-state index < -0.39 is 0 Å². The van der Waals surface area contributed by atoms with Gasteiger partial charge in [-0.25, -0.2) is 0 Å². The molecule has 18 heavy (non-hydrogen) atoms. The molecule has 1 aromatic carbocycles. The average Bonchev–Trinajstić information content (AvgIpc) is 2.28. The van der Waals surface area contributed by atoms with Crippen molar-refractivity contribution in [2.75, 3.05) is 25.0 Å². The van der Waals surface area contributed by atoms with E-state index in [1.54, 1.807) is 0 Å². The fraction of sp³-hybridized carbons (Fsp3) is 0.533. The van der Waals surface area contributed by atoms with E-state index in [2.05, 4.69) is 25.2 Å². The molecule has 0 atom stereocenters. The fourth-order valence-corrected chi connectivity index (χ4v) is 2.71. The molecule has 0 saturated carbocycles. The number of likely N-dealkylation sites (tertiary alicyclic amines) is 1. The van der Waals surface area contributed by atoms with Gasteiger partial charge in [-0.2, -0.15) is 0 Å². The topological polar surface area (TPSA) is 33.5 Å². The van der Waals surface area contributed by atoms with Crippen LogP contribution in [0.25, 0.3) is 0 Å². The number of hydrogen-bond acceptors (Lipinski definition) is 1. The molecular formula is C15H23N2O+. The lowest BCUT2D eigenvalue weighted by Gasteiger charge is -2.22. The van der Waals surface area contributed by atoms with Crippen molar-refractivity contribution in [1.82, 2.24) is 0 Å². The average molecular weight is 247 g/mol. The van der Waals surface area contributed by atoms with Gasteiger partial charge in [-0.1, -0.05) is 6.07 Å². The Balaban J connectivity index is 1.89.